The minimum atomic E-state index is -0.956. The van der Waals surface area contributed by atoms with E-state index in [4.69, 9.17) is 5.11 Å². The molecule has 124 valence electrons. The van der Waals surface area contributed by atoms with E-state index >= 15 is 0 Å². The maximum Gasteiger partial charge on any atom is 0.335 e. The fourth-order valence-corrected chi connectivity index (χ4v) is 3.58. The van der Waals surface area contributed by atoms with Crippen molar-refractivity contribution in [3.05, 3.63) is 69.7 Å². The molecule has 1 amide bonds. The van der Waals surface area contributed by atoms with Crippen molar-refractivity contribution in [1.82, 2.24) is 4.90 Å². The number of halogens is 1. The van der Waals surface area contributed by atoms with E-state index in [1.54, 1.807) is 24.3 Å². The van der Waals surface area contributed by atoms with Gasteiger partial charge >= 0.3 is 5.97 Å². The average molecular weight is 388 g/mol. The van der Waals surface area contributed by atoms with Gasteiger partial charge in [-0.3, -0.25) is 4.79 Å². The highest BCUT2D eigenvalue weighted by Gasteiger charge is 2.29. The van der Waals surface area contributed by atoms with Crippen LogP contribution in [0.25, 0.3) is 0 Å². The monoisotopic (exact) mass is 387 g/mol. The number of hydrogen-bond donors (Lipinski definition) is 1. The van der Waals surface area contributed by atoms with Gasteiger partial charge in [-0.05, 0) is 48.2 Å². The van der Waals surface area contributed by atoms with Gasteiger partial charge in [0.15, 0.2) is 0 Å². The normalized spacial score (nSPS) is 17.0. The second-order valence-corrected chi connectivity index (χ2v) is 6.89. The van der Waals surface area contributed by atoms with Gasteiger partial charge in [-0.15, -0.1) is 0 Å². The molecule has 0 aromatic heterocycles. The summed E-state index contributed by atoms with van der Waals surface area (Å²) in [7, 11) is 0. The quantitative estimate of drug-likeness (QED) is 0.860. The molecule has 1 unspecified atom stereocenters. The number of rotatable bonds is 4. The van der Waals surface area contributed by atoms with Gasteiger partial charge in [0.05, 0.1) is 18.0 Å². The van der Waals surface area contributed by atoms with Crippen LogP contribution in [-0.4, -0.2) is 28.4 Å². The molecule has 24 heavy (non-hydrogen) atoms. The summed E-state index contributed by atoms with van der Waals surface area (Å²) in [5, 5.41) is 8.93. The zero-order chi connectivity index (χ0) is 17.1. The molecule has 1 fully saturated rings. The van der Waals surface area contributed by atoms with Crippen LogP contribution in [0.4, 0.5) is 0 Å². The fraction of sp³-hybridized carbons (Fsp3) is 0.263. The van der Waals surface area contributed by atoms with Crippen molar-refractivity contribution in [2.75, 3.05) is 6.54 Å². The molecule has 0 bridgehead atoms. The zero-order valence-corrected chi connectivity index (χ0v) is 14.7. The highest BCUT2D eigenvalue weighted by Crippen LogP contribution is 2.33. The molecule has 0 aliphatic carbocycles. The lowest BCUT2D eigenvalue weighted by Crippen LogP contribution is -2.31. The summed E-state index contributed by atoms with van der Waals surface area (Å²) in [6.45, 7) is 0.767. The molecule has 1 aliphatic heterocycles. The second-order valence-electron chi connectivity index (χ2n) is 5.98. The van der Waals surface area contributed by atoms with Crippen LogP contribution in [0.2, 0.25) is 0 Å². The summed E-state index contributed by atoms with van der Waals surface area (Å²) < 4.78 is 1.02. The topological polar surface area (TPSA) is 57.6 Å². The number of carbonyl (C=O) groups is 2. The lowest BCUT2D eigenvalue weighted by atomic mass is 10.0. The molecule has 1 heterocycles. The first kappa shape index (κ1) is 16.7. The Bertz CT molecular complexity index is 757. The van der Waals surface area contributed by atoms with E-state index in [2.05, 4.69) is 28.1 Å². The molecule has 0 spiro atoms. The molecule has 5 heteroatoms. The van der Waals surface area contributed by atoms with E-state index in [1.807, 2.05) is 17.0 Å². The third-order valence-corrected chi connectivity index (χ3v) is 4.86. The Kier molecular flexibility index (Phi) is 5.00. The molecule has 0 saturated carbocycles. The molecule has 0 radical (unpaired) electrons. The molecule has 1 aliphatic rings. The van der Waals surface area contributed by atoms with Crippen LogP contribution in [0, 0.1) is 0 Å². The first-order valence-corrected chi connectivity index (χ1v) is 8.71. The molecule has 2 aromatic carbocycles. The summed E-state index contributed by atoms with van der Waals surface area (Å²) in [6.07, 6.45) is 2.27. The van der Waals surface area contributed by atoms with Gasteiger partial charge in [0.25, 0.3) is 0 Å². The molecule has 1 atom stereocenters. The average Bonchev–Trinajstić information content (AvgIpc) is 3.05. The van der Waals surface area contributed by atoms with Crippen molar-refractivity contribution in [2.24, 2.45) is 0 Å². The van der Waals surface area contributed by atoms with Crippen LogP contribution >= 0.6 is 15.9 Å². The third kappa shape index (κ3) is 3.67. The van der Waals surface area contributed by atoms with Crippen LogP contribution < -0.4 is 0 Å². The highest BCUT2D eigenvalue weighted by molar-refractivity contribution is 9.10. The standard InChI is InChI=1S/C19H18BrNO3/c20-16-4-1-3-15(12-16)17-5-2-10-21(17)18(22)11-13-6-8-14(9-7-13)19(23)24/h1,3-4,6-9,12,17H,2,5,10-11H2,(H,23,24). The maximum absolute atomic E-state index is 12.7. The van der Waals surface area contributed by atoms with Crippen molar-refractivity contribution >= 4 is 27.8 Å². The van der Waals surface area contributed by atoms with Crippen LogP contribution in [0.5, 0.6) is 0 Å². The highest BCUT2D eigenvalue weighted by atomic mass is 79.9. The van der Waals surface area contributed by atoms with Crippen molar-refractivity contribution in [1.29, 1.82) is 0 Å². The Labute approximate surface area is 149 Å². The van der Waals surface area contributed by atoms with E-state index in [1.165, 1.54) is 0 Å². The van der Waals surface area contributed by atoms with Gasteiger partial charge in [-0.25, -0.2) is 4.79 Å². The van der Waals surface area contributed by atoms with Crippen molar-refractivity contribution < 1.29 is 14.7 Å². The number of aromatic carboxylic acids is 1. The summed E-state index contributed by atoms with van der Waals surface area (Å²) in [5.74, 6) is -0.873. The minimum Gasteiger partial charge on any atom is -0.478 e. The number of carbonyl (C=O) groups excluding carboxylic acids is 1. The van der Waals surface area contributed by atoms with Crippen molar-refractivity contribution in [3.8, 4) is 0 Å². The molecule has 3 rings (SSSR count). The van der Waals surface area contributed by atoms with Gasteiger partial charge < -0.3 is 10.0 Å². The van der Waals surface area contributed by atoms with Crippen LogP contribution in [-0.2, 0) is 11.2 Å². The van der Waals surface area contributed by atoms with E-state index in [-0.39, 0.29) is 17.5 Å². The number of benzene rings is 2. The number of likely N-dealkylation sites (tertiary alicyclic amines) is 1. The van der Waals surface area contributed by atoms with Crippen LogP contribution in [0.1, 0.15) is 40.4 Å². The van der Waals surface area contributed by atoms with Gasteiger partial charge in [0.1, 0.15) is 0 Å². The SMILES string of the molecule is O=C(O)c1ccc(CC(=O)N2CCCC2c2cccc(Br)c2)cc1. The first-order chi connectivity index (χ1) is 11.5. The Morgan fingerprint density at radius 1 is 1.17 bits per heavy atom. The molecular formula is C19H18BrNO3. The molecule has 1 N–H and O–H groups in total. The Morgan fingerprint density at radius 2 is 1.92 bits per heavy atom. The van der Waals surface area contributed by atoms with Crippen molar-refractivity contribution in [3.63, 3.8) is 0 Å². The smallest absolute Gasteiger partial charge is 0.335 e. The summed E-state index contributed by atoms with van der Waals surface area (Å²) >= 11 is 3.49. The first-order valence-electron chi connectivity index (χ1n) is 7.92. The summed E-state index contributed by atoms with van der Waals surface area (Å²) in [5.41, 5.74) is 2.22. The lowest BCUT2D eigenvalue weighted by Gasteiger charge is -2.25. The Balaban J connectivity index is 1.72. The van der Waals surface area contributed by atoms with Gasteiger partial charge in [-0.1, -0.05) is 40.2 Å². The molecule has 2 aromatic rings. The largest absolute Gasteiger partial charge is 0.478 e. The second kappa shape index (κ2) is 7.18. The molecule has 4 nitrogen and oxygen atoms in total. The van der Waals surface area contributed by atoms with E-state index in [0.29, 0.717) is 6.42 Å². The van der Waals surface area contributed by atoms with Crippen LogP contribution in [0.15, 0.2) is 53.0 Å². The predicted molar refractivity (Wildman–Crippen MR) is 94.9 cm³/mol. The molecule has 1 saturated heterocycles. The number of carboxylic acid groups (broad SMARTS) is 1. The van der Waals surface area contributed by atoms with E-state index in [9.17, 15) is 9.59 Å². The van der Waals surface area contributed by atoms with E-state index < -0.39 is 5.97 Å². The Morgan fingerprint density at radius 3 is 2.58 bits per heavy atom. The number of nitrogens with zero attached hydrogens (tertiary/aromatic N) is 1. The molecular weight excluding hydrogens is 370 g/mol. The summed E-state index contributed by atoms with van der Waals surface area (Å²) in [6, 6.07) is 14.7. The number of carboxylic acids is 1. The predicted octanol–water partition coefficient (Wildman–Crippen LogP) is 4.05. The maximum atomic E-state index is 12.7. The number of hydrogen-bond acceptors (Lipinski definition) is 2. The zero-order valence-electron chi connectivity index (χ0n) is 13.1. The van der Waals surface area contributed by atoms with Gasteiger partial charge in [-0.2, -0.15) is 0 Å². The van der Waals surface area contributed by atoms with Crippen LogP contribution in [0.3, 0.4) is 0 Å². The Hall–Kier alpha value is -2.14. The van der Waals surface area contributed by atoms with E-state index in [0.717, 1.165) is 35.0 Å². The van der Waals surface area contributed by atoms with Gasteiger partial charge in [0.2, 0.25) is 5.91 Å². The lowest BCUT2D eigenvalue weighted by molar-refractivity contribution is -0.131. The van der Waals surface area contributed by atoms with Gasteiger partial charge in [0, 0.05) is 11.0 Å². The number of amides is 1. The third-order valence-electron chi connectivity index (χ3n) is 4.36. The minimum absolute atomic E-state index is 0.0838. The fourth-order valence-electron chi connectivity index (χ4n) is 3.17. The summed E-state index contributed by atoms with van der Waals surface area (Å²) in [4.78, 5) is 25.5. The van der Waals surface area contributed by atoms with Crippen molar-refractivity contribution in [2.45, 2.75) is 25.3 Å².